The van der Waals surface area contributed by atoms with E-state index in [0.717, 1.165) is 60.7 Å². The van der Waals surface area contributed by atoms with Crippen LogP contribution in [0, 0.1) is 0 Å². The first-order valence-corrected chi connectivity index (χ1v) is 23.2. The minimum Gasteiger partial charge on any atom is -0.478 e. The van der Waals surface area contributed by atoms with Crippen LogP contribution < -0.4 is 17.2 Å². The van der Waals surface area contributed by atoms with Crippen molar-refractivity contribution in [2.75, 3.05) is 41.9 Å². The van der Waals surface area contributed by atoms with Gasteiger partial charge < -0.3 is 22.3 Å². The fraction of sp³-hybridized carbons (Fsp3) is 0.138. The molecular weight excluding hydrogens is 907 g/mol. The number of carboxylic acid groups (broad SMARTS) is 1. The van der Waals surface area contributed by atoms with E-state index in [4.69, 9.17) is 26.3 Å². The quantitative estimate of drug-likeness (QED) is 0.0423. The number of nitrogen functional groups attached to an aromatic ring is 3. The Hall–Kier alpha value is -5.90. The second-order valence-corrected chi connectivity index (χ2v) is 19.3. The molecule has 0 unspecified atom stereocenters. The van der Waals surface area contributed by atoms with Crippen molar-refractivity contribution in [2.45, 2.75) is 14.7 Å². The molecule has 0 bridgehead atoms. The van der Waals surface area contributed by atoms with Gasteiger partial charge in [-0.1, -0.05) is 0 Å². The van der Waals surface area contributed by atoms with Crippen LogP contribution in [0.4, 0.5) is 51.2 Å². The van der Waals surface area contributed by atoms with Crippen molar-refractivity contribution in [3.8, 4) is 0 Å². The molecule has 4 aromatic carbocycles. The Balaban J connectivity index is 1.82. The van der Waals surface area contributed by atoms with Gasteiger partial charge in [0.1, 0.15) is 33.2 Å². The first-order chi connectivity index (χ1) is 27.7. The third-order valence-corrected chi connectivity index (χ3v) is 12.5. The molecule has 0 aliphatic rings. The molecule has 0 saturated heterocycles. The highest BCUT2D eigenvalue weighted by Gasteiger charge is 2.27. The maximum atomic E-state index is 12.7. The second-order valence-electron chi connectivity index (χ2n) is 11.5. The third-order valence-electron chi connectivity index (χ3n) is 7.32. The molecule has 0 heterocycles. The van der Waals surface area contributed by atoms with Gasteiger partial charge in [0.05, 0.1) is 57.3 Å². The predicted molar refractivity (Wildman–Crippen MR) is 207 cm³/mol. The number of rotatable bonds is 18. The number of carbonyl (C=O) groups is 1. The predicted octanol–water partition coefficient (Wildman–Crippen LogP) is 3.81. The average molecular weight is 936 g/mol. The maximum absolute atomic E-state index is 12.7. The lowest BCUT2D eigenvalue weighted by atomic mass is 10.1. The highest BCUT2D eigenvalue weighted by atomic mass is 32.3. The number of hydrogen-bond acceptors (Lipinski definition) is 22. The number of azo groups is 3. The number of nitrogens with zero attached hydrogens (tertiary/aromatic N) is 6. The molecule has 0 spiro atoms. The van der Waals surface area contributed by atoms with Gasteiger partial charge in [0.25, 0.3) is 10.1 Å². The highest BCUT2D eigenvalue weighted by Crippen LogP contribution is 2.49. The fourth-order valence-corrected chi connectivity index (χ4v) is 8.22. The number of nitrogens with two attached hydrogens (primary N) is 3. The van der Waals surface area contributed by atoms with Crippen molar-refractivity contribution in [3.63, 3.8) is 0 Å². The van der Waals surface area contributed by atoms with Crippen molar-refractivity contribution in [1.82, 2.24) is 0 Å². The third kappa shape index (κ3) is 12.6. The van der Waals surface area contributed by atoms with Gasteiger partial charge in [-0.15, -0.1) is 20.5 Å². The van der Waals surface area contributed by atoms with E-state index < -0.39 is 126 Å². The summed E-state index contributed by atoms with van der Waals surface area (Å²) in [6.07, 6.45) is 0. The van der Waals surface area contributed by atoms with Crippen LogP contribution in [0.5, 0.6) is 0 Å². The normalized spacial score (nSPS) is 13.1. The van der Waals surface area contributed by atoms with Crippen molar-refractivity contribution in [3.05, 3.63) is 72.3 Å². The van der Waals surface area contributed by atoms with Crippen molar-refractivity contribution in [1.29, 1.82) is 0 Å². The van der Waals surface area contributed by atoms with Crippen LogP contribution in [0.25, 0.3) is 0 Å². The zero-order valence-electron chi connectivity index (χ0n) is 29.7. The monoisotopic (exact) mass is 935 g/mol. The lowest BCUT2D eigenvalue weighted by Crippen LogP contribution is -2.15. The van der Waals surface area contributed by atoms with E-state index in [1.165, 1.54) is 6.07 Å². The summed E-state index contributed by atoms with van der Waals surface area (Å²) in [7, 11) is -23.1. The van der Waals surface area contributed by atoms with Gasteiger partial charge in [0.2, 0.25) is 0 Å². The van der Waals surface area contributed by atoms with Crippen LogP contribution in [-0.4, -0.2) is 91.5 Å². The molecule has 60 heavy (non-hydrogen) atoms. The topological polar surface area (TPSA) is 439 Å². The number of aromatic carboxylic acids is 1. The minimum absolute atomic E-state index is 0.0603. The summed E-state index contributed by atoms with van der Waals surface area (Å²) in [5.41, 5.74) is 13.3. The largest absolute Gasteiger partial charge is 0.478 e. The summed E-state index contributed by atoms with van der Waals surface area (Å²) in [5.74, 6) is -3.49. The van der Waals surface area contributed by atoms with Gasteiger partial charge in [-0.25, -0.2) is 30.0 Å². The average Bonchev–Trinajstić information content (AvgIpc) is 3.12. The number of anilines is 3. The second kappa shape index (κ2) is 18.2. The van der Waals surface area contributed by atoms with Gasteiger partial charge in [-0.2, -0.15) is 35.5 Å². The van der Waals surface area contributed by atoms with Crippen LogP contribution in [0.3, 0.4) is 0 Å². The molecule has 0 aliphatic heterocycles. The Bertz CT molecular complexity index is 2980. The molecule has 0 saturated carbocycles. The van der Waals surface area contributed by atoms with E-state index >= 15 is 0 Å². The van der Waals surface area contributed by atoms with Crippen molar-refractivity contribution < 1.29 is 74.0 Å². The molecule has 10 N–H and O–H groups in total. The summed E-state index contributed by atoms with van der Waals surface area (Å²) in [6, 6.07) is 11.7. The SMILES string of the molecule is Nc1ccc(N=Nc2c(N)c(N=Nc3ccc(S(=O)(=O)CCOS(=O)(=O)O)cc3)c(N)c(N=Nc3ccc(S(=O)(=O)CCOS(=O)(=O)O)cc3)c2C(=O)O)c(S(=O)(=O)O)c1. The number of benzene rings is 4. The summed E-state index contributed by atoms with van der Waals surface area (Å²) in [6.45, 7) is -1.80. The first kappa shape index (κ1) is 46.8. The summed E-state index contributed by atoms with van der Waals surface area (Å²) in [4.78, 5) is 11.2. The van der Waals surface area contributed by atoms with E-state index in [-0.39, 0.29) is 26.9 Å². The molecule has 0 radical (unpaired) electrons. The zero-order chi connectivity index (χ0) is 44.8. The van der Waals surface area contributed by atoms with Crippen LogP contribution in [0.15, 0.2) is 112 Å². The van der Waals surface area contributed by atoms with Crippen molar-refractivity contribution in [2.24, 2.45) is 30.7 Å². The van der Waals surface area contributed by atoms with Crippen LogP contribution in [0.2, 0.25) is 0 Å². The summed E-state index contributed by atoms with van der Waals surface area (Å²) >= 11 is 0. The molecule has 0 amide bonds. The number of sulfone groups is 2. The summed E-state index contributed by atoms with van der Waals surface area (Å²) in [5, 5.41) is 33.5. The van der Waals surface area contributed by atoms with E-state index in [0.29, 0.717) is 0 Å². The molecule has 4 aromatic rings. The maximum Gasteiger partial charge on any atom is 0.397 e. The van der Waals surface area contributed by atoms with E-state index in [2.05, 4.69) is 39.1 Å². The molecule has 0 atom stereocenters. The molecule has 0 aromatic heterocycles. The Morgan fingerprint density at radius 2 is 0.950 bits per heavy atom. The molecule has 0 fully saturated rings. The molecule has 4 rings (SSSR count). The molecular formula is C29H29N9O17S5. The Morgan fingerprint density at radius 3 is 1.33 bits per heavy atom. The van der Waals surface area contributed by atoms with Crippen LogP contribution >= 0.6 is 0 Å². The van der Waals surface area contributed by atoms with E-state index in [1.54, 1.807) is 0 Å². The van der Waals surface area contributed by atoms with E-state index in [9.17, 15) is 56.5 Å². The minimum atomic E-state index is -4.97. The van der Waals surface area contributed by atoms with E-state index in [1.807, 2.05) is 0 Å². The fourth-order valence-electron chi connectivity index (χ4n) is 4.58. The molecule has 26 nitrogen and oxygen atoms in total. The lowest BCUT2D eigenvalue weighted by molar-refractivity contribution is 0.0698. The Labute approximate surface area is 340 Å². The number of hydrogen-bond donors (Lipinski definition) is 7. The Kier molecular flexibility index (Phi) is 14.2. The molecule has 0 aliphatic carbocycles. The van der Waals surface area contributed by atoms with Gasteiger partial charge in [-0.05, 0) is 66.7 Å². The Morgan fingerprint density at radius 1 is 0.550 bits per heavy atom. The van der Waals surface area contributed by atoms with Crippen LogP contribution in [-0.2, 0) is 59.0 Å². The number of carboxylic acids is 1. The lowest BCUT2D eigenvalue weighted by Gasteiger charge is -2.13. The van der Waals surface area contributed by atoms with Gasteiger partial charge in [-0.3, -0.25) is 13.7 Å². The van der Waals surface area contributed by atoms with Crippen molar-refractivity contribution >= 4 is 108 Å². The molecule has 322 valence electrons. The zero-order valence-corrected chi connectivity index (χ0v) is 33.8. The smallest absolute Gasteiger partial charge is 0.397 e. The first-order valence-electron chi connectivity index (χ1n) is 15.7. The standard InChI is InChI=1S/C29H29N9O17S5/c30-16-1-10-21(22(15-16)58(45,46)47)35-37-27-23(29(39)40)26(36-33-17-2-6-19(7-3-17)56(41,42)13-11-54-59(48,49)50)24(31)28(25(27)32)38-34-18-4-8-20(9-5-18)57(43,44)14-12-55-60(51,52)53/h1-10,15H,11-14,30-32H2,(H,39,40)(H,45,46,47)(H,48,49,50)(H,51,52,53). The van der Waals surface area contributed by atoms with Gasteiger partial charge in [0, 0.05) is 5.69 Å². The van der Waals surface area contributed by atoms with Gasteiger partial charge in [0.15, 0.2) is 19.7 Å². The molecule has 31 heteroatoms. The summed E-state index contributed by atoms with van der Waals surface area (Å²) < 4.78 is 153. The van der Waals surface area contributed by atoms with Gasteiger partial charge >= 0.3 is 26.8 Å². The highest BCUT2D eigenvalue weighted by molar-refractivity contribution is 7.91. The van der Waals surface area contributed by atoms with Crippen LogP contribution in [0.1, 0.15) is 10.4 Å².